The highest BCUT2D eigenvalue weighted by atomic mass is 32.1. The number of hydrogen-bond acceptors (Lipinski definition) is 7. The lowest BCUT2D eigenvalue weighted by Crippen LogP contribution is -2.34. The number of amides is 1. The van der Waals surface area contributed by atoms with E-state index in [-0.39, 0.29) is 11.5 Å². The Morgan fingerprint density at radius 1 is 1.15 bits per heavy atom. The fraction of sp³-hybridized carbons (Fsp3) is 0.167. The van der Waals surface area contributed by atoms with Gasteiger partial charge in [-0.3, -0.25) is 4.79 Å². The molecule has 0 bridgehead atoms. The third-order valence-corrected chi connectivity index (χ3v) is 5.18. The van der Waals surface area contributed by atoms with Gasteiger partial charge in [-0.1, -0.05) is 30.3 Å². The van der Waals surface area contributed by atoms with Gasteiger partial charge in [-0.2, -0.15) is 4.98 Å². The summed E-state index contributed by atoms with van der Waals surface area (Å²) in [6.45, 7) is 0. The molecular formula is C18H15N3O4S. The van der Waals surface area contributed by atoms with Gasteiger partial charge in [0.05, 0.1) is 17.0 Å². The van der Waals surface area contributed by atoms with Gasteiger partial charge in [-0.05, 0) is 22.6 Å². The average Bonchev–Trinajstić information content (AvgIpc) is 3.26. The van der Waals surface area contributed by atoms with E-state index in [9.17, 15) is 20.1 Å². The fourth-order valence-electron chi connectivity index (χ4n) is 3.07. The summed E-state index contributed by atoms with van der Waals surface area (Å²) in [7, 11) is 0. The van der Waals surface area contributed by atoms with Gasteiger partial charge in [-0.25, -0.2) is 4.98 Å². The maximum Gasteiger partial charge on any atom is 0.274 e. The third-order valence-electron chi connectivity index (χ3n) is 4.31. The Morgan fingerprint density at radius 3 is 2.73 bits per heavy atom. The van der Waals surface area contributed by atoms with Gasteiger partial charge in [0.25, 0.3) is 11.8 Å². The number of aliphatic hydroxyl groups is 1. The molecule has 1 aliphatic rings. The number of benzene rings is 1. The zero-order valence-corrected chi connectivity index (χ0v) is 14.3. The van der Waals surface area contributed by atoms with Crippen LogP contribution in [-0.4, -0.2) is 37.3 Å². The van der Waals surface area contributed by atoms with Crippen LogP contribution < -0.4 is 5.32 Å². The Morgan fingerprint density at radius 2 is 1.96 bits per heavy atom. The first-order valence-corrected chi connectivity index (χ1v) is 8.83. The molecule has 7 nitrogen and oxygen atoms in total. The Labute approximate surface area is 152 Å². The first kappa shape index (κ1) is 16.5. The first-order chi connectivity index (χ1) is 12.5. The molecule has 26 heavy (non-hydrogen) atoms. The van der Waals surface area contributed by atoms with Gasteiger partial charge in [0.2, 0.25) is 5.75 Å². The van der Waals surface area contributed by atoms with E-state index in [2.05, 4.69) is 15.3 Å². The van der Waals surface area contributed by atoms with E-state index < -0.39 is 29.7 Å². The molecular weight excluding hydrogens is 354 g/mol. The van der Waals surface area contributed by atoms with Crippen molar-refractivity contribution in [1.82, 2.24) is 15.3 Å². The number of aromatic hydroxyl groups is 2. The second-order valence-corrected chi connectivity index (χ2v) is 6.91. The number of carbonyl (C=O) groups excluding carboxylic acids is 1. The SMILES string of the molecule is O=C(N[C@@H]1c2ccccc2C[C@@H]1O)c1nc(-c2cccs2)nc(O)c1O. The van der Waals surface area contributed by atoms with Gasteiger partial charge in [-0.15, -0.1) is 11.3 Å². The molecule has 0 saturated carbocycles. The second kappa shape index (κ2) is 6.40. The number of rotatable bonds is 3. The van der Waals surface area contributed by atoms with Crippen molar-refractivity contribution >= 4 is 17.2 Å². The van der Waals surface area contributed by atoms with Crippen LogP contribution in [0.25, 0.3) is 10.7 Å². The summed E-state index contributed by atoms with van der Waals surface area (Å²) >= 11 is 1.35. The minimum atomic E-state index is -0.773. The third kappa shape index (κ3) is 2.79. The van der Waals surface area contributed by atoms with Crippen LogP contribution in [0.3, 0.4) is 0 Å². The van der Waals surface area contributed by atoms with E-state index in [0.29, 0.717) is 11.3 Å². The molecule has 4 N–H and O–H groups in total. The molecule has 2 heterocycles. The summed E-state index contributed by atoms with van der Waals surface area (Å²) in [5.41, 5.74) is 1.45. The number of aromatic nitrogens is 2. The molecule has 0 unspecified atom stereocenters. The summed E-state index contributed by atoms with van der Waals surface area (Å²) in [6, 6.07) is 10.4. The van der Waals surface area contributed by atoms with Crippen LogP contribution in [0.2, 0.25) is 0 Å². The lowest BCUT2D eigenvalue weighted by atomic mass is 10.1. The van der Waals surface area contributed by atoms with Crippen LogP contribution in [0.5, 0.6) is 11.6 Å². The molecule has 0 aliphatic heterocycles. The minimum Gasteiger partial charge on any atom is -0.501 e. The molecule has 3 aromatic rings. The highest BCUT2D eigenvalue weighted by Crippen LogP contribution is 2.33. The second-order valence-electron chi connectivity index (χ2n) is 5.97. The number of hydrogen-bond donors (Lipinski definition) is 4. The Balaban J connectivity index is 1.67. The average molecular weight is 369 g/mol. The number of carbonyl (C=O) groups is 1. The largest absolute Gasteiger partial charge is 0.501 e. The van der Waals surface area contributed by atoms with Crippen molar-refractivity contribution < 1.29 is 20.1 Å². The molecule has 1 amide bonds. The zero-order chi connectivity index (χ0) is 18.3. The zero-order valence-electron chi connectivity index (χ0n) is 13.5. The van der Waals surface area contributed by atoms with Crippen molar-refractivity contribution in [3.8, 4) is 22.3 Å². The maximum atomic E-state index is 12.7. The Bertz CT molecular complexity index is 975. The summed E-state index contributed by atoms with van der Waals surface area (Å²) in [5, 5.41) is 34.7. The minimum absolute atomic E-state index is 0.146. The first-order valence-electron chi connectivity index (χ1n) is 7.95. The lowest BCUT2D eigenvalue weighted by Gasteiger charge is -2.18. The predicted molar refractivity (Wildman–Crippen MR) is 95.0 cm³/mol. The van der Waals surface area contributed by atoms with Gasteiger partial charge in [0.15, 0.2) is 11.5 Å². The molecule has 0 spiro atoms. The molecule has 2 aromatic heterocycles. The van der Waals surface area contributed by atoms with E-state index in [1.807, 2.05) is 29.6 Å². The number of aliphatic hydroxyl groups excluding tert-OH is 1. The molecule has 2 atom stereocenters. The Hall–Kier alpha value is -2.97. The van der Waals surface area contributed by atoms with E-state index >= 15 is 0 Å². The molecule has 4 rings (SSSR count). The molecule has 0 saturated heterocycles. The van der Waals surface area contributed by atoms with Crippen LogP contribution >= 0.6 is 11.3 Å². The van der Waals surface area contributed by atoms with Gasteiger partial charge >= 0.3 is 0 Å². The van der Waals surface area contributed by atoms with Crippen molar-refractivity contribution in [2.45, 2.75) is 18.6 Å². The number of nitrogens with zero attached hydrogens (tertiary/aromatic N) is 2. The van der Waals surface area contributed by atoms with Crippen molar-refractivity contribution in [2.75, 3.05) is 0 Å². The normalized spacial score (nSPS) is 18.5. The van der Waals surface area contributed by atoms with Crippen LogP contribution in [0, 0.1) is 0 Å². The molecule has 0 fully saturated rings. The maximum absolute atomic E-state index is 12.7. The molecule has 0 radical (unpaired) electrons. The topological polar surface area (TPSA) is 116 Å². The number of thiophene rings is 1. The number of nitrogens with one attached hydrogen (secondary N) is 1. The van der Waals surface area contributed by atoms with Gasteiger partial charge in [0, 0.05) is 6.42 Å². The standard InChI is InChI=1S/C18H15N3O4S/c22-11-8-9-4-1-2-5-10(9)13(11)20-17(24)14-15(23)18(25)21-16(19-14)12-6-3-7-26-12/h1-7,11,13,22-23H,8H2,(H,20,24)(H,19,21,25)/t11-,13+/m0/s1. The van der Waals surface area contributed by atoms with Crippen molar-refractivity contribution in [2.24, 2.45) is 0 Å². The molecule has 132 valence electrons. The van der Waals surface area contributed by atoms with Gasteiger partial charge in [0.1, 0.15) is 0 Å². The highest BCUT2D eigenvalue weighted by molar-refractivity contribution is 7.13. The number of fused-ring (bicyclic) bond motifs is 1. The monoisotopic (exact) mass is 369 g/mol. The quantitative estimate of drug-likeness (QED) is 0.561. The van der Waals surface area contributed by atoms with E-state index in [4.69, 9.17) is 0 Å². The fourth-order valence-corrected chi connectivity index (χ4v) is 3.73. The Kier molecular flexibility index (Phi) is 4.06. The van der Waals surface area contributed by atoms with E-state index in [1.54, 1.807) is 12.1 Å². The van der Waals surface area contributed by atoms with Crippen LogP contribution in [0.4, 0.5) is 0 Å². The molecule has 1 aliphatic carbocycles. The lowest BCUT2D eigenvalue weighted by molar-refractivity contribution is 0.0849. The van der Waals surface area contributed by atoms with Crippen molar-refractivity contribution in [3.05, 3.63) is 58.6 Å². The summed E-state index contributed by atoms with van der Waals surface area (Å²) in [5.74, 6) is -1.91. The van der Waals surface area contributed by atoms with E-state index in [0.717, 1.165) is 11.1 Å². The van der Waals surface area contributed by atoms with Crippen LogP contribution in [0.1, 0.15) is 27.7 Å². The molecule has 1 aromatic carbocycles. The van der Waals surface area contributed by atoms with E-state index in [1.165, 1.54) is 11.3 Å². The smallest absolute Gasteiger partial charge is 0.274 e. The summed E-state index contributed by atoms with van der Waals surface area (Å²) in [4.78, 5) is 21.2. The van der Waals surface area contributed by atoms with Crippen LogP contribution in [-0.2, 0) is 6.42 Å². The highest BCUT2D eigenvalue weighted by Gasteiger charge is 2.33. The summed E-state index contributed by atoms with van der Waals surface area (Å²) in [6.07, 6.45) is -0.339. The molecule has 8 heteroatoms. The van der Waals surface area contributed by atoms with Crippen molar-refractivity contribution in [1.29, 1.82) is 0 Å². The van der Waals surface area contributed by atoms with Gasteiger partial charge < -0.3 is 20.6 Å². The predicted octanol–water partition coefficient (Wildman–Crippen LogP) is 2.00. The summed E-state index contributed by atoms with van der Waals surface area (Å²) < 4.78 is 0. The van der Waals surface area contributed by atoms with Crippen LogP contribution in [0.15, 0.2) is 41.8 Å². The van der Waals surface area contributed by atoms with Crippen molar-refractivity contribution in [3.63, 3.8) is 0 Å².